The van der Waals surface area contributed by atoms with E-state index >= 15 is 0 Å². The zero-order valence-corrected chi connectivity index (χ0v) is 15.1. The molecule has 11 heteroatoms. The maximum atomic E-state index is 13.2. The fourth-order valence-corrected chi connectivity index (χ4v) is 2.23. The van der Waals surface area contributed by atoms with E-state index in [1.807, 2.05) is 5.32 Å². The average Bonchev–Trinajstić information content (AvgIpc) is 2.67. The van der Waals surface area contributed by atoms with Gasteiger partial charge in [-0.05, 0) is 37.3 Å². The summed E-state index contributed by atoms with van der Waals surface area (Å²) in [6.07, 6.45) is -6.38. The fraction of sp³-hybridized carbons (Fsp3) is 0.222. The largest absolute Gasteiger partial charge is 0.497 e. The van der Waals surface area contributed by atoms with E-state index in [9.17, 15) is 32.9 Å². The lowest BCUT2D eigenvalue weighted by Gasteiger charge is -2.17. The molecule has 0 saturated heterocycles. The normalized spacial score (nSPS) is 12.0. The van der Waals surface area contributed by atoms with Gasteiger partial charge in [-0.3, -0.25) is 14.9 Å². The molecule has 0 aromatic heterocycles. The third-order valence-electron chi connectivity index (χ3n) is 3.76. The summed E-state index contributed by atoms with van der Waals surface area (Å²) in [6, 6.07) is 7.66. The monoisotopic (exact) mass is 412 g/mol. The number of benzene rings is 2. The molecule has 0 radical (unpaired) electrons. The molecule has 0 aliphatic rings. The van der Waals surface area contributed by atoms with Crippen LogP contribution in [0.5, 0.6) is 5.75 Å². The molecule has 0 aliphatic carbocycles. The molecular formula is C18H15F3N2O6. The van der Waals surface area contributed by atoms with Crippen molar-refractivity contribution in [3.05, 3.63) is 63.7 Å². The molecule has 0 aliphatic heterocycles. The van der Waals surface area contributed by atoms with Crippen molar-refractivity contribution in [2.75, 3.05) is 12.4 Å². The lowest BCUT2D eigenvalue weighted by molar-refractivity contribution is -0.385. The van der Waals surface area contributed by atoms with Crippen molar-refractivity contribution >= 4 is 23.3 Å². The van der Waals surface area contributed by atoms with Crippen molar-refractivity contribution in [2.24, 2.45) is 0 Å². The van der Waals surface area contributed by atoms with Crippen molar-refractivity contribution in [2.45, 2.75) is 19.2 Å². The number of nitrogens with zero attached hydrogens (tertiary/aromatic N) is 1. The Bertz CT molecular complexity index is 928. The van der Waals surface area contributed by atoms with Gasteiger partial charge >= 0.3 is 12.1 Å². The van der Waals surface area contributed by atoms with Gasteiger partial charge < -0.3 is 14.8 Å². The number of methoxy groups -OCH3 is 1. The lowest BCUT2D eigenvalue weighted by atomic mass is 10.1. The molecule has 2 aromatic rings. The van der Waals surface area contributed by atoms with Crippen LogP contribution in [0.2, 0.25) is 0 Å². The van der Waals surface area contributed by atoms with Crippen LogP contribution in [-0.4, -0.2) is 30.0 Å². The number of hydrogen-bond acceptors (Lipinski definition) is 6. The molecule has 0 unspecified atom stereocenters. The lowest BCUT2D eigenvalue weighted by Crippen LogP contribution is -2.30. The van der Waals surface area contributed by atoms with E-state index in [4.69, 9.17) is 9.47 Å². The minimum atomic E-state index is -4.95. The number of esters is 1. The number of anilines is 1. The van der Waals surface area contributed by atoms with Gasteiger partial charge in [0.15, 0.2) is 6.10 Å². The third kappa shape index (κ3) is 5.43. The molecule has 2 aromatic carbocycles. The highest BCUT2D eigenvalue weighted by Gasteiger charge is 2.36. The molecular weight excluding hydrogens is 397 g/mol. The number of nitro groups is 1. The van der Waals surface area contributed by atoms with E-state index in [2.05, 4.69) is 0 Å². The standard InChI is InChI=1S/C18H15F3N2O6/c1-10(29-17(25)11-3-6-13(28-2)7-4-11)16(24)22-15-8-5-12(23(26)27)9-14(15)18(19,20)21/h3-10H,1-2H3,(H,22,24)/t10-/m1/s1. The molecule has 2 rings (SSSR count). The summed E-state index contributed by atoms with van der Waals surface area (Å²) in [5.41, 5.74) is -2.76. The summed E-state index contributed by atoms with van der Waals surface area (Å²) in [4.78, 5) is 33.9. The smallest absolute Gasteiger partial charge is 0.418 e. The zero-order valence-electron chi connectivity index (χ0n) is 15.1. The number of carbonyl (C=O) groups is 2. The highest BCUT2D eigenvalue weighted by molar-refractivity contribution is 5.98. The van der Waals surface area contributed by atoms with Crippen LogP contribution in [-0.2, 0) is 15.7 Å². The molecule has 0 bridgehead atoms. The van der Waals surface area contributed by atoms with Gasteiger partial charge in [-0.1, -0.05) is 0 Å². The Morgan fingerprint density at radius 3 is 2.28 bits per heavy atom. The first-order chi connectivity index (χ1) is 13.5. The molecule has 0 fully saturated rings. The minimum Gasteiger partial charge on any atom is -0.497 e. The predicted octanol–water partition coefficient (Wildman–Crippen LogP) is 3.81. The molecule has 1 atom stereocenters. The molecule has 0 spiro atoms. The van der Waals surface area contributed by atoms with Crippen LogP contribution in [0.25, 0.3) is 0 Å². The summed E-state index contributed by atoms with van der Waals surface area (Å²) >= 11 is 0. The van der Waals surface area contributed by atoms with Gasteiger partial charge in [0.1, 0.15) is 5.75 Å². The summed E-state index contributed by atoms with van der Waals surface area (Å²) < 4.78 is 49.4. The second-order valence-corrected chi connectivity index (χ2v) is 5.75. The average molecular weight is 412 g/mol. The van der Waals surface area contributed by atoms with Crippen molar-refractivity contribution < 1.29 is 37.2 Å². The summed E-state index contributed by atoms with van der Waals surface area (Å²) in [5.74, 6) is -1.41. The Morgan fingerprint density at radius 1 is 1.14 bits per heavy atom. The first-order valence-electron chi connectivity index (χ1n) is 8.04. The number of non-ortho nitro benzene ring substituents is 1. The summed E-state index contributed by atoms with van der Waals surface area (Å²) in [5, 5.41) is 12.7. The molecule has 1 N–H and O–H groups in total. The van der Waals surface area contributed by atoms with Gasteiger partial charge in [-0.15, -0.1) is 0 Å². The number of nitro benzene ring substituents is 1. The van der Waals surface area contributed by atoms with Gasteiger partial charge in [0.25, 0.3) is 11.6 Å². The Morgan fingerprint density at radius 2 is 1.76 bits per heavy atom. The van der Waals surface area contributed by atoms with Gasteiger partial charge in [-0.25, -0.2) is 4.79 Å². The quantitative estimate of drug-likeness (QED) is 0.439. The van der Waals surface area contributed by atoms with Crippen molar-refractivity contribution in [1.82, 2.24) is 0 Å². The van der Waals surface area contributed by atoms with Crippen LogP contribution in [0.1, 0.15) is 22.8 Å². The van der Waals surface area contributed by atoms with E-state index in [1.54, 1.807) is 0 Å². The highest BCUT2D eigenvalue weighted by atomic mass is 19.4. The van der Waals surface area contributed by atoms with Crippen LogP contribution in [0.3, 0.4) is 0 Å². The van der Waals surface area contributed by atoms with Crippen LogP contribution in [0.15, 0.2) is 42.5 Å². The van der Waals surface area contributed by atoms with Crippen molar-refractivity contribution in [3.8, 4) is 5.75 Å². The van der Waals surface area contributed by atoms with E-state index in [1.165, 1.54) is 38.3 Å². The van der Waals surface area contributed by atoms with Gasteiger partial charge in [0, 0.05) is 12.1 Å². The predicted molar refractivity (Wildman–Crippen MR) is 94.6 cm³/mol. The van der Waals surface area contributed by atoms with Gasteiger partial charge in [0.05, 0.1) is 28.8 Å². The molecule has 8 nitrogen and oxygen atoms in total. The first-order valence-corrected chi connectivity index (χ1v) is 8.04. The number of hydrogen-bond donors (Lipinski definition) is 1. The van der Waals surface area contributed by atoms with E-state index in [-0.39, 0.29) is 5.56 Å². The van der Waals surface area contributed by atoms with E-state index in [0.717, 1.165) is 12.1 Å². The molecule has 0 heterocycles. The number of rotatable bonds is 6. The molecule has 154 valence electrons. The molecule has 0 saturated carbocycles. The molecule has 29 heavy (non-hydrogen) atoms. The van der Waals surface area contributed by atoms with Crippen LogP contribution in [0, 0.1) is 10.1 Å². The van der Waals surface area contributed by atoms with Crippen LogP contribution >= 0.6 is 0 Å². The van der Waals surface area contributed by atoms with E-state index in [0.29, 0.717) is 11.8 Å². The first kappa shape index (κ1) is 21.7. The minimum absolute atomic E-state index is 0.108. The number of alkyl halides is 3. The second kappa shape index (κ2) is 8.59. The highest BCUT2D eigenvalue weighted by Crippen LogP contribution is 2.37. The number of carbonyl (C=O) groups excluding carboxylic acids is 2. The number of halogens is 3. The van der Waals surface area contributed by atoms with Crippen LogP contribution in [0.4, 0.5) is 24.5 Å². The number of nitrogens with one attached hydrogen (secondary N) is 1. The van der Waals surface area contributed by atoms with Crippen LogP contribution < -0.4 is 10.1 Å². The fourth-order valence-electron chi connectivity index (χ4n) is 2.23. The van der Waals surface area contributed by atoms with Crippen molar-refractivity contribution in [3.63, 3.8) is 0 Å². The Kier molecular flexibility index (Phi) is 6.42. The second-order valence-electron chi connectivity index (χ2n) is 5.75. The SMILES string of the molecule is COc1ccc(C(=O)O[C@H](C)C(=O)Nc2ccc([N+](=O)[O-])cc2C(F)(F)F)cc1. The summed E-state index contributed by atoms with van der Waals surface area (Å²) in [6.45, 7) is 1.18. The number of amides is 1. The Balaban J connectivity index is 2.14. The van der Waals surface area contributed by atoms with E-state index < -0.39 is 46.0 Å². The zero-order chi connectivity index (χ0) is 21.8. The van der Waals surface area contributed by atoms with Gasteiger partial charge in [-0.2, -0.15) is 13.2 Å². The maximum Gasteiger partial charge on any atom is 0.418 e. The number of ether oxygens (including phenoxy) is 2. The summed E-state index contributed by atoms with van der Waals surface area (Å²) in [7, 11) is 1.44. The topological polar surface area (TPSA) is 108 Å². The van der Waals surface area contributed by atoms with Crippen molar-refractivity contribution in [1.29, 1.82) is 0 Å². The third-order valence-corrected chi connectivity index (χ3v) is 3.76. The maximum absolute atomic E-state index is 13.2. The Hall–Kier alpha value is -3.63. The molecule has 1 amide bonds. The Labute approximate surface area is 162 Å². The van der Waals surface area contributed by atoms with Gasteiger partial charge in [0.2, 0.25) is 0 Å².